The summed E-state index contributed by atoms with van der Waals surface area (Å²) in [6.07, 6.45) is 1.22. The van der Waals surface area contributed by atoms with Gasteiger partial charge in [0.25, 0.3) is 0 Å². The monoisotopic (exact) mass is 257 g/mol. The Morgan fingerprint density at radius 3 is 2.83 bits per heavy atom. The van der Waals surface area contributed by atoms with Crippen molar-refractivity contribution in [1.29, 1.82) is 0 Å². The van der Waals surface area contributed by atoms with Crippen LogP contribution >= 0.6 is 0 Å². The molecule has 0 bridgehead atoms. The number of rotatable bonds is 3. The minimum absolute atomic E-state index is 0.227. The van der Waals surface area contributed by atoms with E-state index in [0.717, 1.165) is 12.8 Å². The van der Waals surface area contributed by atoms with Crippen LogP contribution in [0.3, 0.4) is 0 Å². The summed E-state index contributed by atoms with van der Waals surface area (Å²) in [5, 5.41) is 10.5. The molecule has 18 heavy (non-hydrogen) atoms. The summed E-state index contributed by atoms with van der Waals surface area (Å²) in [6.45, 7) is 3.77. The molecule has 2 aliphatic heterocycles. The van der Waals surface area contributed by atoms with Gasteiger partial charge in [-0.3, -0.25) is 9.74 Å². The molecule has 1 atom stereocenters. The molecule has 7 nitrogen and oxygen atoms in total. The predicted molar refractivity (Wildman–Crippen MR) is 62.8 cm³/mol. The molecule has 2 aliphatic rings. The zero-order valence-corrected chi connectivity index (χ0v) is 10.5. The van der Waals surface area contributed by atoms with E-state index in [4.69, 9.17) is 9.94 Å². The van der Waals surface area contributed by atoms with Crippen LogP contribution in [0.15, 0.2) is 0 Å². The molecule has 2 rings (SSSR count). The predicted octanol–water partition coefficient (Wildman–Crippen LogP) is 1.17. The largest absolute Gasteiger partial charge is 0.465 e. The van der Waals surface area contributed by atoms with Gasteiger partial charge in [0.05, 0.1) is 13.2 Å². The van der Waals surface area contributed by atoms with E-state index in [-0.39, 0.29) is 12.2 Å². The maximum atomic E-state index is 12.1. The minimum atomic E-state index is -0.956. The third-order valence-corrected chi connectivity index (χ3v) is 3.36. The molecule has 0 aromatic carbocycles. The number of hydrogen-bond acceptors (Lipinski definition) is 3. The van der Waals surface area contributed by atoms with Crippen LogP contribution < -0.4 is 0 Å². The number of likely N-dealkylation sites (tertiary alicyclic amines) is 1. The Labute approximate surface area is 106 Å². The Morgan fingerprint density at radius 1 is 1.39 bits per heavy atom. The first kappa shape index (κ1) is 12.9. The average Bonchev–Trinajstić information content (AvgIpc) is 2.72. The summed E-state index contributed by atoms with van der Waals surface area (Å²) in [5.74, 6) is 0. The van der Waals surface area contributed by atoms with E-state index in [9.17, 15) is 9.59 Å². The molecule has 0 aromatic rings. The molecule has 0 aromatic heterocycles. The Bertz CT molecular complexity index is 336. The maximum absolute atomic E-state index is 12.1. The van der Waals surface area contributed by atoms with E-state index in [1.807, 2.05) is 6.92 Å². The summed E-state index contributed by atoms with van der Waals surface area (Å²) >= 11 is 0. The van der Waals surface area contributed by atoms with E-state index >= 15 is 0 Å². The zero-order valence-electron chi connectivity index (χ0n) is 10.5. The normalized spacial score (nSPS) is 24.8. The Morgan fingerprint density at radius 2 is 2.17 bits per heavy atom. The van der Waals surface area contributed by atoms with E-state index in [2.05, 4.69) is 0 Å². The van der Waals surface area contributed by atoms with Gasteiger partial charge in [-0.1, -0.05) is 0 Å². The van der Waals surface area contributed by atoms with Gasteiger partial charge in [0.1, 0.15) is 6.17 Å². The van der Waals surface area contributed by atoms with Gasteiger partial charge in [-0.2, -0.15) is 0 Å². The molecular formula is C11H19N3O4. The lowest BCUT2D eigenvalue weighted by molar-refractivity contribution is -0.101. The second-order valence-corrected chi connectivity index (χ2v) is 4.45. The quantitative estimate of drug-likeness (QED) is 0.823. The van der Waals surface area contributed by atoms with Crippen LogP contribution in [0.4, 0.5) is 9.59 Å². The summed E-state index contributed by atoms with van der Waals surface area (Å²) in [6, 6.07) is -0.227. The number of urea groups is 1. The van der Waals surface area contributed by atoms with Crippen molar-refractivity contribution in [2.45, 2.75) is 32.4 Å². The number of amides is 3. The van der Waals surface area contributed by atoms with Crippen molar-refractivity contribution < 1.29 is 19.5 Å². The van der Waals surface area contributed by atoms with Crippen molar-refractivity contribution in [2.75, 3.05) is 26.2 Å². The van der Waals surface area contributed by atoms with Crippen molar-refractivity contribution in [2.24, 2.45) is 0 Å². The fraction of sp³-hybridized carbons (Fsp3) is 0.818. The molecule has 1 unspecified atom stereocenters. The first-order chi connectivity index (χ1) is 8.65. The fourth-order valence-electron chi connectivity index (χ4n) is 2.55. The molecule has 0 aliphatic carbocycles. The van der Waals surface area contributed by atoms with E-state index < -0.39 is 6.09 Å². The van der Waals surface area contributed by atoms with Crippen molar-refractivity contribution in [3.8, 4) is 0 Å². The SMILES string of the molecule is CCON1CCN(C2CCCCN2C(=O)O)C1=O. The van der Waals surface area contributed by atoms with Gasteiger partial charge < -0.3 is 10.0 Å². The molecule has 1 N–H and O–H groups in total. The zero-order chi connectivity index (χ0) is 13.1. The van der Waals surface area contributed by atoms with Gasteiger partial charge in [0, 0.05) is 13.1 Å². The second-order valence-electron chi connectivity index (χ2n) is 4.45. The molecule has 2 saturated heterocycles. The lowest BCUT2D eigenvalue weighted by Gasteiger charge is -2.38. The van der Waals surface area contributed by atoms with Crippen LogP contribution in [-0.2, 0) is 4.84 Å². The maximum Gasteiger partial charge on any atom is 0.408 e. The average molecular weight is 257 g/mol. The van der Waals surface area contributed by atoms with Crippen LogP contribution in [0.5, 0.6) is 0 Å². The first-order valence-corrected chi connectivity index (χ1v) is 6.35. The van der Waals surface area contributed by atoms with Gasteiger partial charge in [0.15, 0.2) is 0 Å². The van der Waals surface area contributed by atoms with E-state index in [1.54, 1.807) is 4.90 Å². The summed E-state index contributed by atoms with van der Waals surface area (Å²) in [7, 11) is 0. The number of carbonyl (C=O) groups is 2. The van der Waals surface area contributed by atoms with Crippen LogP contribution in [0.2, 0.25) is 0 Å². The number of piperidine rings is 1. The molecule has 7 heteroatoms. The highest BCUT2D eigenvalue weighted by Crippen LogP contribution is 2.24. The van der Waals surface area contributed by atoms with Crippen LogP contribution in [0.1, 0.15) is 26.2 Å². The molecule has 0 spiro atoms. The van der Waals surface area contributed by atoms with Crippen LogP contribution in [0.25, 0.3) is 0 Å². The van der Waals surface area contributed by atoms with Gasteiger partial charge in [-0.05, 0) is 26.2 Å². The lowest BCUT2D eigenvalue weighted by atomic mass is 10.1. The molecule has 0 saturated carbocycles. The molecular weight excluding hydrogens is 238 g/mol. The number of carboxylic acid groups (broad SMARTS) is 1. The Kier molecular flexibility index (Phi) is 3.90. The fourth-order valence-corrected chi connectivity index (χ4v) is 2.55. The summed E-state index contributed by atoms with van der Waals surface area (Å²) < 4.78 is 0. The van der Waals surface area contributed by atoms with E-state index in [1.165, 1.54) is 9.96 Å². The van der Waals surface area contributed by atoms with Crippen molar-refractivity contribution in [3.63, 3.8) is 0 Å². The molecule has 0 radical (unpaired) electrons. The Balaban J connectivity index is 2.06. The van der Waals surface area contributed by atoms with Gasteiger partial charge in [0.2, 0.25) is 0 Å². The van der Waals surface area contributed by atoms with Gasteiger partial charge in [-0.25, -0.2) is 14.7 Å². The number of hydrogen-bond donors (Lipinski definition) is 1. The molecule has 2 fully saturated rings. The van der Waals surface area contributed by atoms with Crippen molar-refractivity contribution in [1.82, 2.24) is 14.9 Å². The highest BCUT2D eigenvalue weighted by atomic mass is 16.7. The third kappa shape index (κ3) is 2.35. The number of nitrogens with zero attached hydrogens (tertiary/aromatic N) is 3. The molecule has 2 heterocycles. The molecule has 102 valence electrons. The van der Waals surface area contributed by atoms with Crippen LogP contribution in [0, 0.1) is 0 Å². The van der Waals surface area contributed by atoms with Crippen molar-refractivity contribution in [3.05, 3.63) is 0 Å². The first-order valence-electron chi connectivity index (χ1n) is 6.35. The highest BCUT2D eigenvalue weighted by Gasteiger charge is 2.39. The lowest BCUT2D eigenvalue weighted by Crippen LogP contribution is -2.54. The summed E-state index contributed by atoms with van der Waals surface area (Å²) in [4.78, 5) is 31.4. The topological polar surface area (TPSA) is 73.3 Å². The van der Waals surface area contributed by atoms with E-state index in [0.29, 0.717) is 32.7 Å². The standard InChI is InChI=1S/C11H19N3O4/c1-2-18-14-8-7-12(10(14)15)9-5-3-4-6-13(9)11(16)17/h9H,2-8H2,1H3,(H,16,17). The number of carbonyl (C=O) groups excluding carboxylic acids is 1. The third-order valence-electron chi connectivity index (χ3n) is 3.36. The number of hydroxylamine groups is 2. The Hall–Kier alpha value is -1.50. The van der Waals surface area contributed by atoms with Gasteiger partial charge >= 0.3 is 12.1 Å². The van der Waals surface area contributed by atoms with Crippen LogP contribution in [-0.4, -0.2) is 64.5 Å². The molecule has 3 amide bonds. The second kappa shape index (κ2) is 5.43. The smallest absolute Gasteiger partial charge is 0.408 e. The van der Waals surface area contributed by atoms with Gasteiger partial charge in [-0.15, -0.1) is 0 Å². The summed E-state index contributed by atoms with van der Waals surface area (Å²) in [5.41, 5.74) is 0. The van der Waals surface area contributed by atoms with Crippen molar-refractivity contribution >= 4 is 12.1 Å². The minimum Gasteiger partial charge on any atom is -0.465 e. The highest BCUT2D eigenvalue weighted by molar-refractivity contribution is 5.76.